The van der Waals surface area contributed by atoms with Crippen molar-refractivity contribution < 1.29 is 18.0 Å². The average Bonchev–Trinajstić information content (AvgIpc) is 2.67. The number of hydrogen-bond donors (Lipinski definition) is 0. The van der Waals surface area contributed by atoms with Gasteiger partial charge in [-0.25, -0.2) is 15.0 Å². The Morgan fingerprint density at radius 2 is 1.83 bits per heavy atom. The Kier molecular flexibility index (Phi) is 6.27. The lowest BCUT2D eigenvalue weighted by atomic mass is 9.85. The van der Waals surface area contributed by atoms with E-state index in [4.69, 9.17) is 11.6 Å². The number of aryl methyl sites for hydroxylation is 2. The zero-order valence-electron chi connectivity index (χ0n) is 16.4. The fourth-order valence-electron chi connectivity index (χ4n) is 3.56. The molecule has 1 fully saturated rings. The third-order valence-electron chi connectivity index (χ3n) is 5.02. The molecule has 0 N–H and O–H groups in total. The highest BCUT2D eigenvalue weighted by atomic mass is 35.5. The SMILES string of the molecule is Cc1cc(C)nc(C(C#N)C(=O)C2CCN(c3ncc(C(F)(F)F)cc3Cl)CC2)n1. The number of nitrogens with zero attached hydrogens (tertiary/aromatic N) is 5. The van der Waals surface area contributed by atoms with Crippen LogP contribution < -0.4 is 4.90 Å². The standard InChI is InChI=1S/C20H19ClF3N5O/c1-11-7-12(2)28-18(27-11)15(9-25)17(30)13-3-5-29(6-4-13)19-16(21)8-14(10-26-19)20(22,23)24/h7-8,10,13,15H,3-6H2,1-2H3. The third-order valence-corrected chi connectivity index (χ3v) is 5.30. The summed E-state index contributed by atoms with van der Waals surface area (Å²) in [7, 11) is 0. The first-order chi connectivity index (χ1) is 14.1. The van der Waals surface area contributed by atoms with Gasteiger partial charge >= 0.3 is 6.18 Å². The minimum Gasteiger partial charge on any atom is -0.355 e. The van der Waals surface area contributed by atoms with E-state index in [0.717, 1.165) is 12.3 Å². The minimum atomic E-state index is -4.52. The summed E-state index contributed by atoms with van der Waals surface area (Å²) in [4.78, 5) is 27.0. The smallest absolute Gasteiger partial charge is 0.355 e. The third kappa shape index (κ3) is 4.70. The number of halogens is 4. The van der Waals surface area contributed by atoms with E-state index < -0.39 is 17.7 Å². The van der Waals surface area contributed by atoms with E-state index in [-0.39, 0.29) is 28.4 Å². The first-order valence-electron chi connectivity index (χ1n) is 9.33. The molecule has 1 atom stereocenters. The molecule has 0 bridgehead atoms. The van der Waals surface area contributed by atoms with Crippen molar-refractivity contribution in [1.82, 2.24) is 15.0 Å². The molecule has 10 heteroatoms. The van der Waals surface area contributed by atoms with Crippen LogP contribution in [0, 0.1) is 31.1 Å². The van der Waals surface area contributed by atoms with Crippen LogP contribution in [-0.4, -0.2) is 33.8 Å². The second-order valence-electron chi connectivity index (χ2n) is 7.26. The summed E-state index contributed by atoms with van der Waals surface area (Å²) in [5.41, 5.74) is 0.457. The molecule has 2 aromatic heterocycles. The number of pyridine rings is 1. The first-order valence-corrected chi connectivity index (χ1v) is 9.71. The van der Waals surface area contributed by atoms with Gasteiger partial charge in [-0.05, 0) is 38.8 Å². The molecular weight excluding hydrogens is 419 g/mol. The molecule has 0 amide bonds. The molecule has 0 spiro atoms. The number of carbonyl (C=O) groups excluding carboxylic acids is 1. The van der Waals surface area contributed by atoms with Crippen molar-refractivity contribution in [2.75, 3.05) is 18.0 Å². The number of nitriles is 1. The van der Waals surface area contributed by atoms with Gasteiger partial charge in [0.2, 0.25) is 0 Å². The zero-order valence-corrected chi connectivity index (χ0v) is 17.1. The van der Waals surface area contributed by atoms with E-state index in [9.17, 15) is 23.2 Å². The predicted molar refractivity (Wildman–Crippen MR) is 104 cm³/mol. The Hall–Kier alpha value is -2.73. The van der Waals surface area contributed by atoms with Crippen LogP contribution in [0.25, 0.3) is 0 Å². The summed E-state index contributed by atoms with van der Waals surface area (Å²) in [5.74, 6) is -1.20. The van der Waals surface area contributed by atoms with Crippen LogP contribution >= 0.6 is 11.6 Å². The van der Waals surface area contributed by atoms with E-state index in [1.807, 2.05) is 6.07 Å². The molecule has 158 valence electrons. The number of ketones is 1. The highest BCUT2D eigenvalue weighted by molar-refractivity contribution is 6.33. The van der Waals surface area contributed by atoms with Gasteiger partial charge < -0.3 is 4.90 Å². The van der Waals surface area contributed by atoms with Gasteiger partial charge in [-0.3, -0.25) is 4.79 Å². The number of carbonyl (C=O) groups is 1. The van der Waals surface area contributed by atoms with Crippen molar-refractivity contribution in [2.45, 2.75) is 38.8 Å². The maximum atomic E-state index is 12.9. The molecule has 30 heavy (non-hydrogen) atoms. The number of hydrogen-bond acceptors (Lipinski definition) is 6. The van der Waals surface area contributed by atoms with Gasteiger partial charge in [0, 0.05) is 36.6 Å². The van der Waals surface area contributed by atoms with Gasteiger partial charge in [-0.1, -0.05) is 11.6 Å². The van der Waals surface area contributed by atoms with Crippen LogP contribution in [0.1, 0.15) is 41.5 Å². The van der Waals surface area contributed by atoms with Crippen LogP contribution in [-0.2, 0) is 11.0 Å². The van der Waals surface area contributed by atoms with Gasteiger partial charge in [-0.15, -0.1) is 0 Å². The monoisotopic (exact) mass is 437 g/mol. The molecule has 3 rings (SSSR count). The van der Waals surface area contributed by atoms with Gasteiger partial charge in [0.05, 0.1) is 16.7 Å². The predicted octanol–water partition coefficient (Wildman–Crippen LogP) is 4.25. The molecule has 1 unspecified atom stereocenters. The Bertz CT molecular complexity index is 977. The number of alkyl halides is 3. The van der Waals surface area contributed by atoms with E-state index >= 15 is 0 Å². The molecule has 1 aliphatic rings. The average molecular weight is 438 g/mol. The summed E-state index contributed by atoms with van der Waals surface area (Å²) in [5, 5.41) is 9.45. The fourth-order valence-corrected chi connectivity index (χ4v) is 3.85. The zero-order chi connectivity index (χ0) is 22.1. The van der Waals surface area contributed by atoms with E-state index in [1.165, 1.54) is 0 Å². The van der Waals surface area contributed by atoms with Gasteiger partial charge in [0.25, 0.3) is 0 Å². The molecule has 0 aliphatic carbocycles. The lowest BCUT2D eigenvalue weighted by molar-refractivity contribution is -0.137. The van der Waals surface area contributed by atoms with Gasteiger partial charge in [0.15, 0.2) is 17.5 Å². The molecule has 2 aromatic rings. The van der Waals surface area contributed by atoms with Crippen molar-refractivity contribution >= 4 is 23.2 Å². The highest BCUT2D eigenvalue weighted by Crippen LogP contribution is 2.35. The van der Waals surface area contributed by atoms with Crippen LogP contribution in [0.4, 0.5) is 19.0 Å². The summed E-state index contributed by atoms with van der Waals surface area (Å²) >= 11 is 6.02. The van der Waals surface area contributed by atoms with Crippen molar-refractivity contribution in [1.29, 1.82) is 5.26 Å². The Morgan fingerprint density at radius 3 is 2.33 bits per heavy atom. The Labute approximate surface area is 176 Å². The van der Waals surface area contributed by atoms with E-state index in [1.54, 1.807) is 24.8 Å². The topological polar surface area (TPSA) is 82.8 Å². The van der Waals surface area contributed by atoms with Crippen LogP contribution in [0.2, 0.25) is 5.02 Å². The van der Waals surface area contributed by atoms with Crippen molar-refractivity contribution in [3.8, 4) is 6.07 Å². The van der Waals surface area contributed by atoms with Crippen LogP contribution in [0.5, 0.6) is 0 Å². The molecule has 6 nitrogen and oxygen atoms in total. The normalized spacial score (nSPS) is 16.2. The second kappa shape index (κ2) is 8.56. The molecule has 0 aromatic carbocycles. The largest absolute Gasteiger partial charge is 0.417 e. The van der Waals surface area contributed by atoms with E-state index in [0.29, 0.717) is 37.3 Å². The summed E-state index contributed by atoms with van der Waals surface area (Å²) in [6.07, 6.45) is -2.90. The summed E-state index contributed by atoms with van der Waals surface area (Å²) in [6.45, 7) is 4.33. The van der Waals surface area contributed by atoms with Crippen LogP contribution in [0.15, 0.2) is 18.3 Å². The highest BCUT2D eigenvalue weighted by Gasteiger charge is 2.35. The van der Waals surface area contributed by atoms with Crippen molar-refractivity contribution in [2.24, 2.45) is 5.92 Å². The lowest BCUT2D eigenvalue weighted by Crippen LogP contribution is -2.38. The molecule has 0 saturated carbocycles. The molecule has 1 saturated heterocycles. The molecular formula is C20H19ClF3N5O. The number of anilines is 1. The number of rotatable bonds is 4. The Balaban J connectivity index is 1.70. The number of aromatic nitrogens is 3. The van der Waals surface area contributed by atoms with Gasteiger partial charge in [-0.2, -0.15) is 18.4 Å². The number of Topliss-reactive ketones (excluding diaryl/α,β-unsaturated/α-hetero) is 1. The van der Waals surface area contributed by atoms with Crippen molar-refractivity contribution in [3.63, 3.8) is 0 Å². The lowest BCUT2D eigenvalue weighted by Gasteiger charge is -2.33. The summed E-state index contributed by atoms with van der Waals surface area (Å²) < 4.78 is 38.4. The summed E-state index contributed by atoms with van der Waals surface area (Å²) in [6, 6.07) is 4.63. The Morgan fingerprint density at radius 1 is 1.23 bits per heavy atom. The first kappa shape index (κ1) is 22.0. The maximum Gasteiger partial charge on any atom is 0.417 e. The van der Waals surface area contributed by atoms with Crippen molar-refractivity contribution in [3.05, 3.63) is 46.1 Å². The van der Waals surface area contributed by atoms with Gasteiger partial charge in [0.1, 0.15) is 5.82 Å². The molecule has 1 aliphatic heterocycles. The molecule has 3 heterocycles. The minimum absolute atomic E-state index is 0.0897. The molecule has 0 radical (unpaired) electrons. The quantitative estimate of drug-likeness (QED) is 0.711. The maximum absolute atomic E-state index is 12.9. The second-order valence-corrected chi connectivity index (χ2v) is 7.67. The van der Waals surface area contributed by atoms with E-state index in [2.05, 4.69) is 15.0 Å². The number of piperidine rings is 1. The van der Waals surface area contributed by atoms with Crippen LogP contribution in [0.3, 0.4) is 0 Å². The fraction of sp³-hybridized carbons (Fsp3) is 0.450.